The van der Waals surface area contributed by atoms with Crippen molar-refractivity contribution in [3.8, 4) is 0 Å². The molecule has 0 aromatic heterocycles. The van der Waals surface area contributed by atoms with Gasteiger partial charge in [-0.2, -0.15) is 4.31 Å². The van der Waals surface area contributed by atoms with E-state index in [9.17, 15) is 22.8 Å². The first-order valence-electron chi connectivity index (χ1n) is 10.6. The molecule has 2 fully saturated rings. The van der Waals surface area contributed by atoms with Crippen molar-refractivity contribution in [3.05, 3.63) is 58.6 Å². The lowest BCUT2D eigenvalue weighted by Crippen LogP contribution is -2.48. The minimum Gasteiger partial charge on any atom is -0.379 e. The van der Waals surface area contributed by atoms with E-state index in [1.54, 1.807) is 25.1 Å². The first kappa shape index (κ1) is 24.3. The summed E-state index contributed by atoms with van der Waals surface area (Å²) in [6.07, 6.45) is -0.156. The van der Waals surface area contributed by atoms with E-state index in [2.05, 4.69) is 10.9 Å². The van der Waals surface area contributed by atoms with Gasteiger partial charge < -0.3 is 4.74 Å². The van der Waals surface area contributed by atoms with Crippen molar-refractivity contribution in [2.24, 2.45) is 0 Å². The van der Waals surface area contributed by atoms with Crippen LogP contribution in [0.5, 0.6) is 0 Å². The number of ether oxygens (including phenoxy) is 1. The second kappa shape index (κ2) is 9.80. The number of anilines is 1. The molecule has 2 aliphatic heterocycles. The standard InChI is InChI=1S/C22H23ClN4O6S/c1-14-17(23)6-3-7-19(14)27-20(28)13-18(22(27)30)24-25-21(29)15-4-2-5-16(12-15)34(31,32)26-8-10-33-11-9-26/h2-7,12,18,24H,8-11,13H2,1H3,(H,25,29)/t18-/m0/s1. The molecule has 0 aliphatic carbocycles. The van der Waals surface area contributed by atoms with E-state index >= 15 is 0 Å². The molecule has 0 radical (unpaired) electrons. The summed E-state index contributed by atoms with van der Waals surface area (Å²) >= 11 is 6.12. The highest BCUT2D eigenvalue weighted by Crippen LogP contribution is 2.30. The van der Waals surface area contributed by atoms with Gasteiger partial charge in [-0.05, 0) is 42.8 Å². The molecule has 2 aromatic carbocycles. The van der Waals surface area contributed by atoms with Gasteiger partial charge in [-0.25, -0.2) is 18.7 Å². The van der Waals surface area contributed by atoms with Crippen LogP contribution in [0.15, 0.2) is 47.4 Å². The molecule has 4 rings (SSSR count). The number of morpholine rings is 1. The largest absolute Gasteiger partial charge is 0.379 e. The van der Waals surface area contributed by atoms with Gasteiger partial charge in [-0.1, -0.05) is 23.7 Å². The van der Waals surface area contributed by atoms with Crippen LogP contribution in [0.3, 0.4) is 0 Å². The summed E-state index contributed by atoms with van der Waals surface area (Å²) in [5.74, 6) is -1.60. The number of hydrazine groups is 1. The number of rotatable bonds is 6. The van der Waals surface area contributed by atoms with Gasteiger partial charge in [0.15, 0.2) is 0 Å². The van der Waals surface area contributed by atoms with E-state index in [0.717, 1.165) is 4.90 Å². The topological polar surface area (TPSA) is 125 Å². The Labute approximate surface area is 201 Å². The minimum atomic E-state index is -3.77. The molecule has 0 spiro atoms. The SMILES string of the molecule is Cc1c(Cl)cccc1N1C(=O)C[C@H](NNC(=O)c2cccc(S(=O)(=O)N3CCOCC3)c2)C1=O. The van der Waals surface area contributed by atoms with Gasteiger partial charge in [0, 0.05) is 23.7 Å². The number of hydrogen-bond acceptors (Lipinski definition) is 7. The maximum Gasteiger partial charge on any atom is 0.265 e. The third-order valence-electron chi connectivity index (χ3n) is 5.69. The van der Waals surface area contributed by atoms with Crippen molar-refractivity contribution >= 4 is 45.0 Å². The third-order valence-corrected chi connectivity index (χ3v) is 7.99. The van der Waals surface area contributed by atoms with Crippen molar-refractivity contribution in [1.82, 2.24) is 15.2 Å². The van der Waals surface area contributed by atoms with Crippen molar-refractivity contribution in [1.29, 1.82) is 0 Å². The number of nitrogens with one attached hydrogen (secondary N) is 2. The predicted molar refractivity (Wildman–Crippen MR) is 124 cm³/mol. The fourth-order valence-corrected chi connectivity index (χ4v) is 5.42. The number of carbonyl (C=O) groups excluding carboxylic acids is 3. The molecule has 0 unspecified atom stereocenters. The van der Waals surface area contributed by atoms with Gasteiger partial charge in [0.05, 0.1) is 30.2 Å². The van der Waals surface area contributed by atoms with Crippen LogP contribution in [0.4, 0.5) is 5.69 Å². The normalized spacial score (nSPS) is 19.5. The van der Waals surface area contributed by atoms with Crippen LogP contribution in [0, 0.1) is 6.92 Å². The van der Waals surface area contributed by atoms with Gasteiger partial charge in [0.1, 0.15) is 6.04 Å². The van der Waals surface area contributed by atoms with Crippen LogP contribution in [0.2, 0.25) is 5.02 Å². The number of hydrogen-bond donors (Lipinski definition) is 2. The van der Waals surface area contributed by atoms with E-state index in [4.69, 9.17) is 16.3 Å². The van der Waals surface area contributed by atoms with Crippen LogP contribution in [-0.2, 0) is 24.3 Å². The fraction of sp³-hybridized carbons (Fsp3) is 0.318. The lowest BCUT2D eigenvalue weighted by molar-refractivity contribution is -0.121. The molecule has 3 amide bonds. The van der Waals surface area contributed by atoms with Gasteiger partial charge in [0.2, 0.25) is 15.9 Å². The summed E-state index contributed by atoms with van der Waals surface area (Å²) in [6.45, 7) is 2.80. The minimum absolute atomic E-state index is 0.0169. The first-order valence-corrected chi connectivity index (χ1v) is 12.4. The Kier molecular flexibility index (Phi) is 7.01. The van der Waals surface area contributed by atoms with Crippen LogP contribution >= 0.6 is 11.6 Å². The predicted octanol–water partition coefficient (Wildman–Crippen LogP) is 1.24. The quantitative estimate of drug-likeness (QED) is 0.446. The number of nitrogens with zero attached hydrogens (tertiary/aromatic N) is 2. The number of imide groups is 1. The number of amides is 3. The molecule has 1 atom stereocenters. The summed E-state index contributed by atoms with van der Waals surface area (Å²) in [5, 5.41) is 0.426. The highest BCUT2D eigenvalue weighted by atomic mass is 35.5. The first-order chi connectivity index (χ1) is 16.2. The average molecular weight is 507 g/mol. The highest BCUT2D eigenvalue weighted by Gasteiger charge is 2.40. The van der Waals surface area contributed by atoms with E-state index in [0.29, 0.717) is 29.5 Å². The maximum absolute atomic E-state index is 12.9. The number of carbonyl (C=O) groups is 3. The lowest BCUT2D eigenvalue weighted by Gasteiger charge is -2.26. The maximum atomic E-state index is 12.9. The summed E-state index contributed by atoms with van der Waals surface area (Å²) in [7, 11) is -3.77. The summed E-state index contributed by atoms with van der Waals surface area (Å²) in [5.41, 5.74) is 6.06. The van der Waals surface area contributed by atoms with Gasteiger partial charge in [0.25, 0.3) is 11.8 Å². The molecular formula is C22H23ClN4O6S. The molecule has 0 saturated carbocycles. The molecule has 10 nitrogen and oxygen atoms in total. The summed E-state index contributed by atoms with van der Waals surface area (Å²) < 4.78 is 32.2. The zero-order chi connectivity index (χ0) is 24.5. The van der Waals surface area contributed by atoms with Crippen LogP contribution in [-0.4, -0.2) is 62.8 Å². The van der Waals surface area contributed by atoms with E-state index < -0.39 is 33.8 Å². The average Bonchev–Trinajstić information content (AvgIpc) is 3.12. The van der Waals surface area contributed by atoms with Gasteiger partial charge in [-0.3, -0.25) is 19.8 Å². The van der Waals surface area contributed by atoms with Crippen molar-refractivity contribution in [3.63, 3.8) is 0 Å². The van der Waals surface area contributed by atoms with E-state index in [1.165, 1.54) is 28.6 Å². The molecular weight excluding hydrogens is 484 g/mol. The lowest BCUT2D eigenvalue weighted by atomic mass is 10.2. The smallest absolute Gasteiger partial charge is 0.265 e. The zero-order valence-electron chi connectivity index (χ0n) is 18.3. The number of sulfonamides is 1. The van der Waals surface area contributed by atoms with Gasteiger partial charge >= 0.3 is 0 Å². The van der Waals surface area contributed by atoms with E-state index in [1.807, 2.05) is 0 Å². The number of benzene rings is 2. The Morgan fingerprint density at radius 3 is 2.56 bits per heavy atom. The van der Waals surface area contributed by atoms with Gasteiger partial charge in [-0.15, -0.1) is 0 Å². The Bertz CT molecular complexity index is 1250. The molecule has 34 heavy (non-hydrogen) atoms. The zero-order valence-corrected chi connectivity index (χ0v) is 19.9. The van der Waals surface area contributed by atoms with Crippen molar-refractivity contribution < 1.29 is 27.5 Å². The molecule has 0 bridgehead atoms. The number of halogens is 1. The molecule has 2 N–H and O–H groups in total. The monoisotopic (exact) mass is 506 g/mol. The molecule has 2 aromatic rings. The van der Waals surface area contributed by atoms with Crippen molar-refractivity contribution in [2.45, 2.75) is 24.3 Å². The van der Waals surface area contributed by atoms with Crippen LogP contribution < -0.4 is 15.8 Å². The Balaban J connectivity index is 1.44. The van der Waals surface area contributed by atoms with Crippen LogP contribution in [0.25, 0.3) is 0 Å². The molecule has 2 heterocycles. The summed E-state index contributed by atoms with van der Waals surface area (Å²) in [4.78, 5) is 39.0. The molecule has 12 heteroatoms. The molecule has 180 valence electrons. The highest BCUT2D eigenvalue weighted by molar-refractivity contribution is 7.89. The Morgan fingerprint density at radius 2 is 1.82 bits per heavy atom. The summed E-state index contributed by atoms with van der Waals surface area (Å²) in [6, 6.07) is 9.56. The molecule has 2 aliphatic rings. The molecule has 2 saturated heterocycles. The third kappa shape index (κ3) is 4.70. The second-order valence-electron chi connectivity index (χ2n) is 7.85. The second-order valence-corrected chi connectivity index (χ2v) is 10.2. The van der Waals surface area contributed by atoms with E-state index in [-0.39, 0.29) is 30.0 Å². The Morgan fingerprint density at radius 1 is 1.12 bits per heavy atom. The van der Waals surface area contributed by atoms with Crippen LogP contribution in [0.1, 0.15) is 22.3 Å². The Hall–Kier alpha value is -2.83. The fourth-order valence-electron chi connectivity index (χ4n) is 3.79. The van der Waals surface area contributed by atoms with Crippen molar-refractivity contribution in [2.75, 3.05) is 31.2 Å².